The van der Waals surface area contributed by atoms with Crippen molar-refractivity contribution >= 4 is 11.9 Å². The molecule has 1 N–H and O–H groups in total. The third-order valence-corrected chi connectivity index (χ3v) is 5.66. The first kappa shape index (κ1) is 13.4. The second-order valence-corrected chi connectivity index (χ2v) is 6.48. The van der Waals surface area contributed by atoms with Gasteiger partial charge in [-0.2, -0.15) is 0 Å². The molecule has 102 valence electrons. The van der Waals surface area contributed by atoms with Crippen LogP contribution in [0.15, 0.2) is 0 Å². The van der Waals surface area contributed by atoms with Crippen LogP contribution < -0.4 is 5.32 Å². The van der Waals surface area contributed by atoms with E-state index < -0.39 is 5.97 Å². The average Bonchev–Trinajstić information content (AvgIpc) is 2.61. The molecule has 0 aromatic carbocycles. The lowest BCUT2D eigenvalue weighted by molar-refractivity contribution is -0.144. The third-order valence-electron chi connectivity index (χ3n) is 5.66. The van der Waals surface area contributed by atoms with Crippen LogP contribution in [0.5, 0.6) is 0 Å². The van der Waals surface area contributed by atoms with Crippen LogP contribution in [-0.4, -0.2) is 25.0 Å². The lowest BCUT2D eigenvalue weighted by Gasteiger charge is -2.39. The van der Waals surface area contributed by atoms with Crippen LogP contribution >= 0.6 is 0 Å². The fourth-order valence-electron chi connectivity index (χ4n) is 3.87. The molecule has 3 unspecified atom stereocenters. The van der Waals surface area contributed by atoms with E-state index in [4.69, 9.17) is 0 Å². The van der Waals surface area contributed by atoms with Gasteiger partial charge < -0.3 is 10.1 Å². The van der Waals surface area contributed by atoms with E-state index in [-0.39, 0.29) is 29.2 Å². The molecule has 2 rings (SSSR count). The van der Waals surface area contributed by atoms with Gasteiger partial charge in [0.2, 0.25) is 5.91 Å². The van der Waals surface area contributed by atoms with E-state index in [1.54, 1.807) is 0 Å². The molecule has 0 aromatic rings. The van der Waals surface area contributed by atoms with Crippen LogP contribution in [-0.2, 0) is 14.3 Å². The summed E-state index contributed by atoms with van der Waals surface area (Å²) in [5.41, 5.74) is 0.430. The van der Waals surface area contributed by atoms with Gasteiger partial charge in [0.1, 0.15) is 6.42 Å². The number of ether oxygens (including phenoxy) is 1. The highest BCUT2D eigenvalue weighted by Gasteiger charge is 2.61. The SMILES string of the molecule is COC(=O)CC(=O)NC1CC2CCC1(C)C2(C)C. The predicted octanol–water partition coefficient (Wildman–Crippen LogP) is 1.88. The normalized spacial score (nSPS) is 36.4. The molecular formula is C14H23NO3. The Hall–Kier alpha value is -1.06. The summed E-state index contributed by atoms with van der Waals surface area (Å²) >= 11 is 0. The maximum atomic E-state index is 11.8. The Morgan fingerprint density at radius 1 is 1.33 bits per heavy atom. The minimum Gasteiger partial charge on any atom is -0.469 e. The third kappa shape index (κ3) is 1.82. The van der Waals surface area contributed by atoms with Crippen LogP contribution in [0.2, 0.25) is 0 Å². The number of carbonyl (C=O) groups excluding carboxylic acids is 2. The van der Waals surface area contributed by atoms with Crippen molar-refractivity contribution in [3.8, 4) is 0 Å². The minimum absolute atomic E-state index is 0.156. The molecule has 0 heterocycles. The van der Waals surface area contributed by atoms with Gasteiger partial charge in [0.15, 0.2) is 0 Å². The Labute approximate surface area is 108 Å². The van der Waals surface area contributed by atoms with E-state index in [1.165, 1.54) is 13.5 Å². The summed E-state index contributed by atoms with van der Waals surface area (Å²) in [7, 11) is 1.30. The van der Waals surface area contributed by atoms with Gasteiger partial charge in [-0.25, -0.2) is 0 Å². The highest BCUT2D eigenvalue weighted by atomic mass is 16.5. The zero-order valence-corrected chi connectivity index (χ0v) is 11.7. The highest BCUT2D eigenvalue weighted by molar-refractivity contribution is 5.94. The summed E-state index contributed by atoms with van der Waals surface area (Å²) in [5.74, 6) is 0.00224. The molecule has 18 heavy (non-hydrogen) atoms. The summed E-state index contributed by atoms with van der Waals surface area (Å²) < 4.78 is 4.51. The molecule has 2 aliphatic carbocycles. The number of fused-ring (bicyclic) bond motifs is 2. The number of hydrogen-bond acceptors (Lipinski definition) is 3. The molecule has 1 amide bonds. The van der Waals surface area contributed by atoms with Gasteiger partial charge >= 0.3 is 5.97 Å². The Morgan fingerprint density at radius 2 is 2.00 bits per heavy atom. The maximum absolute atomic E-state index is 11.8. The summed E-state index contributed by atoms with van der Waals surface area (Å²) in [6.07, 6.45) is 3.28. The van der Waals surface area contributed by atoms with Crippen LogP contribution in [0.1, 0.15) is 46.5 Å². The smallest absolute Gasteiger partial charge is 0.315 e. The van der Waals surface area contributed by atoms with Gasteiger partial charge in [-0.3, -0.25) is 9.59 Å². The van der Waals surface area contributed by atoms with Crippen molar-refractivity contribution in [2.24, 2.45) is 16.7 Å². The number of esters is 1. The standard InChI is InChI=1S/C14H23NO3/c1-13(2)9-5-6-14(13,3)10(7-9)15-11(16)8-12(17)18-4/h9-10H,5-8H2,1-4H3,(H,15,16). The second kappa shape index (κ2) is 4.25. The average molecular weight is 253 g/mol. The Balaban J connectivity index is 2.00. The number of hydrogen-bond donors (Lipinski definition) is 1. The molecule has 0 saturated heterocycles. The zero-order valence-electron chi connectivity index (χ0n) is 11.7. The molecular weight excluding hydrogens is 230 g/mol. The van der Waals surface area contributed by atoms with Gasteiger partial charge in [-0.05, 0) is 36.0 Å². The summed E-state index contributed by atoms with van der Waals surface area (Å²) in [6, 6.07) is 0.198. The van der Waals surface area contributed by atoms with E-state index in [9.17, 15) is 9.59 Å². The topological polar surface area (TPSA) is 55.4 Å². The molecule has 0 spiro atoms. The lowest BCUT2D eigenvalue weighted by atomic mass is 9.69. The van der Waals surface area contributed by atoms with Crippen molar-refractivity contribution in [2.45, 2.75) is 52.5 Å². The molecule has 3 atom stereocenters. The van der Waals surface area contributed by atoms with Crippen molar-refractivity contribution in [3.63, 3.8) is 0 Å². The quantitative estimate of drug-likeness (QED) is 0.617. The largest absolute Gasteiger partial charge is 0.469 e. The van der Waals surface area contributed by atoms with Gasteiger partial charge in [0.05, 0.1) is 7.11 Å². The number of carbonyl (C=O) groups is 2. The summed E-state index contributed by atoms with van der Waals surface area (Å²) in [6.45, 7) is 6.87. The van der Waals surface area contributed by atoms with Crippen molar-refractivity contribution in [1.29, 1.82) is 0 Å². The molecule has 2 aliphatic rings. The molecule has 2 fully saturated rings. The van der Waals surface area contributed by atoms with Crippen LogP contribution in [0.25, 0.3) is 0 Å². The number of methoxy groups -OCH3 is 1. The first-order valence-electron chi connectivity index (χ1n) is 6.67. The molecule has 4 nitrogen and oxygen atoms in total. The van der Waals surface area contributed by atoms with Gasteiger partial charge in [0, 0.05) is 6.04 Å². The first-order valence-corrected chi connectivity index (χ1v) is 6.67. The predicted molar refractivity (Wildman–Crippen MR) is 67.8 cm³/mol. The molecule has 0 aliphatic heterocycles. The zero-order chi connectivity index (χ0) is 13.6. The van der Waals surface area contributed by atoms with E-state index >= 15 is 0 Å². The number of amides is 1. The summed E-state index contributed by atoms with van der Waals surface area (Å²) in [5, 5.41) is 3.03. The molecule has 2 bridgehead atoms. The van der Waals surface area contributed by atoms with Gasteiger partial charge in [-0.15, -0.1) is 0 Å². The van der Waals surface area contributed by atoms with Crippen molar-refractivity contribution < 1.29 is 14.3 Å². The van der Waals surface area contributed by atoms with Crippen LogP contribution in [0.3, 0.4) is 0 Å². The number of nitrogens with one attached hydrogen (secondary N) is 1. The Bertz CT molecular complexity index is 377. The molecule has 0 radical (unpaired) electrons. The molecule has 4 heteroatoms. The van der Waals surface area contributed by atoms with Crippen LogP contribution in [0, 0.1) is 16.7 Å². The van der Waals surface area contributed by atoms with Crippen molar-refractivity contribution in [1.82, 2.24) is 5.32 Å². The highest BCUT2D eigenvalue weighted by Crippen LogP contribution is 2.65. The molecule has 2 saturated carbocycles. The Kier molecular flexibility index (Phi) is 3.16. The van der Waals surface area contributed by atoms with Gasteiger partial charge in [-0.1, -0.05) is 20.8 Å². The lowest BCUT2D eigenvalue weighted by Crippen LogP contribution is -2.47. The monoisotopic (exact) mass is 253 g/mol. The first-order chi connectivity index (χ1) is 8.31. The minimum atomic E-state index is -0.472. The van der Waals surface area contributed by atoms with E-state index in [1.807, 2.05) is 0 Å². The number of rotatable bonds is 3. The Morgan fingerprint density at radius 3 is 2.44 bits per heavy atom. The fourth-order valence-corrected chi connectivity index (χ4v) is 3.87. The van der Waals surface area contributed by atoms with E-state index in [0.717, 1.165) is 12.8 Å². The van der Waals surface area contributed by atoms with Crippen LogP contribution in [0.4, 0.5) is 0 Å². The second-order valence-electron chi connectivity index (χ2n) is 6.48. The van der Waals surface area contributed by atoms with Crippen molar-refractivity contribution in [3.05, 3.63) is 0 Å². The molecule has 0 aromatic heterocycles. The summed E-state index contributed by atoms with van der Waals surface area (Å²) in [4.78, 5) is 22.9. The van der Waals surface area contributed by atoms with E-state index in [2.05, 4.69) is 30.8 Å². The maximum Gasteiger partial charge on any atom is 0.315 e. The van der Waals surface area contributed by atoms with Gasteiger partial charge in [0.25, 0.3) is 0 Å². The van der Waals surface area contributed by atoms with E-state index in [0.29, 0.717) is 5.92 Å². The fraction of sp³-hybridized carbons (Fsp3) is 0.857. The van der Waals surface area contributed by atoms with Crippen molar-refractivity contribution in [2.75, 3.05) is 7.11 Å².